The monoisotopic (exact) mass is 254 g/mol. The fourth-order valence-corrected chi connectivity index (χ4v) is 1.54. The molecule has 0 aliphatic carbocycles. The van der Waals surface area contributed by atoms with Crippen LogP contribution in [0.2, 0.25) is 0 Å². The maximum Gasteiger partial charge on any atom is 0.317 e. The third-order valence-electron chi connectivity index (χ3n) is 2.54. The Labute approximate surface area is 104 Å². The van der Waals surface area contributed by atoms with Crippen LogP contribution in [0.1, 0.15) is 22.8 Å². The van der Waals surface area contributed by atoms with Gasteiger partial charge in [0.1, 0.15) is 5.82 Å². The molecule has 1 rings (SSSR count). The van der Waals surface area contributed by atoms with E-state index in [1.165, 1.54) is 12.1 Å². The van der Waals surface area contributed by atoms with Crippen molar-refractivity contribution in [1.82, 2.24) is 4.90 Å². The van der Waals surface area contributed by atoms with Gasteiger partial charge in [-0.25, -0.2) is 4.39 Å². The van der Waals surface area contributed by atoms with Gasteiger partial charge in [-0.05, 0) is 18.7 Å². The molecule has 0 radical (unpaired) electrons. The Hall–Kier alpha value is -1.95. The van der Waals surface area contributed by atoms with Crippen molar-refractivity contribution in [3.63, 3.8) is 0 Å². The Balaban J connectivity index is 2.83. The first kappa shape index (κ1) is 14.1. The second-order valence-corrected chi connectivity index (χ2v) is 3.87. The molecular formula is C12H15FN2O3. The molecule has 0 aromatic heterocycles. The average Bonchev–Trinajstić information content (AvgIpc) is 2.29. The molecule has 98 valence electrons. The van der Waals surface area contributed by atoms with Crippen LogP contribution in [0.5, 0.6) is 0 Å². The first-order chi connectivity index (χ1) is 8.43. The van der Waals surface area contributed by atoms with Crippen molar-refractivity contribution in [3.05, 3.63) is 35.1 Å². The number of rotatable bonds is 6. The number of primary amides is 1. The highest BCUT2D eigenvalue weighted by Crippen LogP contribution is 2.12. The fourth-order valence-electron chi connectivity index (χ4n) is 1.54. The second kappa shape index (κ2) is 6.11. The Kier molecular flexibility index (Phi) is 4.79. The normalized spacial score (nSPS) is 10.6. The molecular weight excluding hydrogens is 239 g/mol. The Morgan fingerprint density at radius 1 is 1.44 bits per heavy atom. The van der Waals surface area contributed by atoms with Gasteiger partial charge in [-0.1, -0.05) is 13.0 Å². The summed E-state index contributed by atoms with van der Waals surface area (Å²) in [6.45, 7) is 2.29. The number of benzene rings is 1. The van der Waals surface area contributed by atoms with Gasteiger partial charge in [-0.2, -0.15) is 0 Å². The highest BCUT2D eigenvalue weighted by molar-refractivity contribution is 5.92. The molecule has 0 aliphatic heterocycles. The number of carbonyl (C=O) groups excluding carboxylic acids is 1. The molecule has 18 heavy (non-hydrogen) atoms. The molecule has 1 aromatic rings. The van der Waals surface area contributed by atoms with Gasteiger partial charge in [0, 0.05) is 17.7 Å². The highest BCUT2D eigenvalue weighted by atomic mass is 19.1. The van der Waals surface area contributed by atoms with E-state index in [4.69, 9.17) is 10.8 Å². The van der Waals surface area contributed by atoms with Gasteiger partial charge in [-0.3, -0.25) is 14.5 Å². The summed E-state index contributed by atoms with van der Waals surface area (Å²) in [5, 5.41) is 8.68. The zero-order valence-corrected chi connectivity index (χ0v) is 10.0. The summed E-state index contributed by atoms with van der Waals surface area (Å²) >= 11 is 0. The number of nitrogens with zero attached hydrogens (tertiary/aromatic N) is 1. The lowest BCUT2D eigenvalue weighted by atomic mass is 10.1. The molecule has 0 spiro atoms. The van der Waals surface area contributed by atoms with Crippen LogP contribution in [0, 0.1) is 5.82 Å². The number of amides is 1. The number of carboxylic acid groups (broad SMARTS) is 1. The van der Waals surface area contributed by atoms with Gasteiger partial charge in [0.15, 0.2) is 0 Å². The van der Waals surface area contributed by atoms with E-state index in [1.54, 1.807) is 11.8 Å². The molecule has 5 nitrogen and oxygen atoms in total. The van der Waals surface area contributed by atoms with E-state index in [2.05, 4.69) is 0 Å². The van der Waals surface area contributed by atoms with Crippen molar-refractivity contribution >= 4 is 11.9 Å². The third kappa shape index (κ3) is 3.81. The van der Waals surface area contributed by atoms with E-state index in [1.807, 2.05) is 0 Å². The summed E-state index contributed by atoms with van der Waals surface area (Å²) in [4.78, 5) is 23.0. The minimum absolute atomic E-state index is 0.0949. The molecule has 0 saturated carbocycles. The van der Waals surface area contributed by atoms with Crippen LogP contribution in [0.25, 0.3) is 0 Å². The van der Waals surface area contributed by atoms with Crippen molar-refractivity contribution in [2.45, 2.75) is 13.5 Å². The molecule has 1 aromatic carbocycles. The van der Waals surface area contributed by atoms with Crippen LogP contribution in [0.3, 0.4) is 0 Å². The standard InChI is InChI=1S/C12H15FN2O3/c1-2-15(7-11(16)17)6-9-4-3-8(12(14)18)5-10(9)13/h3-5H,2,6-7H2,1H3,(H2,14,18)(H,16,17). The predicted molar refractivity (Wildman–Crippen MR) is 63.5 cm³/mol. The van der Waals surface area contributed by atoms with E-state index in [0.717, 1.165) is 6.07 Å². The summed E-state index contributed by atoms with van der Waals surface area (Å²) in [6.07, 6.45) is 0. The molecule has 0 aliphatic rings. The van der Waals surface area contributed by atoms with Gasteiger partial charge in [0.2, 0.25) is 5.91 Å². The van der Waals surface area contributed by atoms with Gasteiger partial charge in [0.25, 0.3) is 0 Å². The minimum Gasteiger partial charge on any atom is -0.480 e. The van der Waals surface area contributed by atoms with Crippen LogP contribution < -0.4 is 5.73 Å². The topological polar surface area (TPSA) is 83.6 Å². The molecule has 0 saturated heterocycles. The first-order valence-corrected chi connectivity index (χ1v) is 5.46. The maximum atomic E-state index is 13.7. The lowest BCUT2D eigenvalue weighted by Crippen LogP contribution is -2.29. The second-order valence-electron chi connectivity index (χ2n) is 3.87. The number of carbonyl (C=O) groups is 2. The van der Waals surface area contributed by atoms with Crippen LogP contribution in [-0.2, 0) is 11.3 Å². The summed E-state index contributed by atoms with van der Waals surface area (Å²) in [6, 6.07) is 3.93. The zero-order valence-electron chi connectivity index (χ0n) is 10.0. The molecule has 0 atom stereocenters. The minimum atomic E-state index is -0.967. The van der Waals surface area contributed by atoms with Crippen molar-refractivity contribution in [1.29, 1.82) is 0 Å². The number of likely N-dealkylation sites (N-methyl/N-ethyl adjacent to an activating group) is 1. The molecule has 0 heterocycles. The third-order valence-corrected chi connectivity index (χ3v) is 2.54. The summed E-state index contributed by atoms with van der Waals surface area (Å²) in [7, 11) is 0. The lowest BCUT2D eigenvalue weighted by Gasteiger charge is -2.18. The summed E-state index contributed by atoms with van der Waals surface area (Å²) < 4.78 is 13.7. The Morgan fingerprint density at radius 3 is 2.56 bits per heavy atom. The first-order valence-electron chi connectivity index (χ1n) is 5.46. The SMILES string of the molecule is CCN(CC(=O)O)Cc1ccc(C(N)=O)cc1F. The molecule has 3 N–H and O–H groups in total. The largest absolute Gasteiger partial charge is 0.480 e. The predicted octanol–water partition coefficient (Wildman–Crippen LogP) is 0.831. The van der Waals surface area contributed by atoms with Crippen molar-refractivity contribution in [3.8, 4) is 0 Å². The van der Waals surface area contributed by atoms with Crippen molar-refractivity contribution in [2.75, 3.05) is 13.1 Å². The van der Waals surface area contributed by atoms with Gasteiger partial charge >= 0.3 is 5.97 Å². The van der Waals surface area contributed by atoms with E-state index >= 15 is 0 Å². The van der Waals surface area contributed by atoms with Crippen LogP contribution in [0.4, 0.5) is 4.39 Å². The highest BCUT2D eigenvalue weighted by Gasteiger charge is 2.12. The van der Waals surface area contributed by atoms with Crippen molar-refractivity contribution < 1.29 is 19.1 Å². The van der Waals surface area contributed by atoms with Crippen LogP contribution in [-0.4, -0.2) is 35.0 Å². The average molecular weight is 254 g/mol. The summed E-state index contributed by atoms with van der Waals surface area (Å²) in [5.74, 6) is -2.22. The molecule has 6 heteroatoms. The van der Waals surface area contributed by atoms with E-state index in [0.29, 0.717) is 12.1 Å². The van der Waals surface area contributed by atoms with Gasteiger partial charge < -0.3 is 10.8 Å². The van der Waals surface area contributed by atoms with E-state index in [9.17, 15) is 14.0 Å². The van der Waals surface area contributed by atoms with Crippen LogP contribution in [0.15, 0.2) is 18.2 Å². The number of nitrogens with two attached hydrogens (primary N) is 1. The number of hydrogen-bond acceptors (Lipinski definition) is 3. The quantitative estimate of drug-likeness (QED) is 0.787. The van der Waals surface area contributed by atoms with Crippen LogP contribution >= 0.6 is 0 Å². The van der Waals surface area contributed by atoms with E-state index < -0.39 is 17.7 Å². The molecule has 0 unspecified atom stereocenters. The Bertz CT molecular complexity index is 463. The van der Waals surface area contributed by atoms with Gasteiger partial charge in [-0.15, -0.1) is 0 Å². The molecule has 0 bridgehead atoms. The summed E-state index contributed by atoms with van der Waals surface area (Å²) in [5.41, 5.74) is 5.46. The smallest absolute Gasteiger partial charge is 0.317 e. The Morgan fingerprint density at radius 2 is 2.11 bits per heavy atom. The number of hydrogen-bond donors (Lipinski definition) is 2. The number of aliphatic carboxylic acids is 1. The van der Waals surface area contributed by atoms with Gasteiger partial charge in [0.05, 0.1) is 6.54 Å². The molecule has 0 fully saturated rings. The lowest BCUT2D eigenvalue weighted by molar-refractivity contribution is -0.138. The molecule has 1 amide bonds. The maximum absolute atomic E-state index is 13.7. The fraction of sp³-hybridized carbons (Fsp3) is 0.333. The van der Waals surface area contributed by atoms with E-state index in [-0.39, 0.29) is 18.7 Å². The number of carboxylic acids is 1. The van der Waals surface area contributed by atoms with Crippen molar-refractivity contribution in [2.24, 2.45) is 5.73 Å². The number of halogens is 1. The zero-order chi connectivity index (χ0) is 13.7.